The summed E-state index contributed by atoms with van der Waals surface area (Å²) >= 11 is 0. The average molecular weight is 312 g/mol. The average Bonchev–Trinajstić information content (AvgIpc) is 2.52. The molecule has 1 aromatic carbocycles. The molecule has 0 aliphatic carbocycles. The van der Waals surface area contributed by atoms with Crippen molar-refractivity contribution in [2.75, 3.05) is 12.3 Å². The van der Waals surface area contributed by atoms with E-state index in [-0.39, 0.29) is 21.2 Å². The minimum absolute atomic E-state index is 0. The third-order valence-electron chi connectivity index (χ3n) is 2.86. The SMILES string of the molecule is CC.CC(C)C(=O)CCCNC(=O)OCc1ccc(N)cc1.[HH].[HH]. The Morgan fingerprint density at radius 1 is 1.23 bits per heavy atom. The summed E-state index contributed by atoms with van der Waals surface area (Å²) < 4.78 is 5.05. The van der Waals surface area contributed by atoms with Crippen molar-refractivity contribution in [3.8, 4) is 0 Å². The van der Waals surface area contributed by atoms with E-state index < -0.39 is 6.09 Å². The molecule has 0 aliphatic heterocycles. The van der Waals surface area contributed by atoms with Gasteiger partial charge in [-0.2, -0.15) is 0 Å². The maximum Gasteiger partial charge on any atom is 0.407 e. The smallest absolute Gasteiger partial charge is 0.407 e. The molecule has 0 aliphatic rings. The second kappa shape index (κ2) is 11.6. The van der Waals surface area contributed by atoms with Gasteiger partial charge in [0.05, 0.1) is 0 Å². The predicted octanol–water partition coefficient (Wildman–Crippen LogP) is 4.02. The molecule has 22 heavy (non-hydrogen) atoms. The van der Waals surface area contributed by atoms with Gasteiger partial charge in [-0.25, -0.2) is 4.79 Å². The largest absolute Gasteiger partial charge is 0.445 e. The number of rotatable bonds is 7. The molecule has 0 atom stereocenters. The number of nitrogens with one attached hydrogen (secondary N) is 1. The van der Waals surface area contributed by atoms with Crippen LogP contribution in [0.1, 0.15) is 49.0 Å². The van der Waals surface area contributed by atoms with E-state index in [1.54, 1.807) is 12.1 Å². The number of amides is 1. The van der Waals surface area contributed by atoms with E-state index in [2.05, 4.69) is 5.32 Å². The van der Waals surface area contributed by atoms with Crippen molar-refractivity contribution < 1.29 is 17.2 Å². The molecule has 0 radical (unpaired) electrons. The predicted molar refractivity (Wildman–Crippen MR) is 93.7 cm³/mol. The van der Waals surface area contributed by atoms with Crippen LogP contribution in [-0.2, 0) is 16.1 Å². The molecule has 0 fully saturated rings. The molecule has 0 saturated carbocycles. The molecule has 0 unspecified atom stereocenters. The lowest BCUT2D eigenvalue weighted by Crippen LogP contribution is -2.25. The van der Waals surface area contributed by atoms with Gasteiger partial charge in [-0.15, -0.1) is 0 Å². The first-order chi connectivity index (χ1) is 10.5. The van der Waals surface area contributed by atoms with E-state index in [0.717, 1.165) is 5.56 Å². The van der Waals surface area contributed by atoms with Crippen LogP contribution in [0, 0.1) is 5.92 Å². The van der Waals surface area contributed by atoms with Crippen LogP contribution in [0.5, 0.6) is 0 Å². The summed E-state index contributed by atoms with van der Waals surface area (Å²) in [4.78, 5) is 22.8. The quantitative estimate of drug-likeness (QED) is 0.588. The first-order valence-corrected chi connectivity index (χ1v) is 7.77. The number of hydrogen-bond donors (Lipinski definition) is 2. The molecular formula is C17H32N2O3. The minimum Gasteiger partial charge on any atom is -0.445 e. The standard InChI is InChI=1S/C15H22N2O3.C2H6.2H2/c1-11(2)14(18)4-3-9-17-15(19)20-10-12-5-7-13(16)8-6-12;1-2;;/h5-8,11H,3-4,9-10,16H2,1-2H3,(H,17,19);1-2H3;2*1H. The van der Waals surface area contributed by atoms with Gasteiger partial charge in [0.25, 0.3) is 0 Å². The zero-order chi connectivity index (χ0) is 17.0. The number of hydrogen-bond acceptors (Lipinski definition) is 4. The lowest BCUT2D eigenvalue weighted by Gasteiger charge is -2.08. The van der Waals surface area contributed by atoms with Gasteiger partial charge in [0.1, 0.15) is 12.4 Å². The van der Waals surface area contributed by atoms with Gasteiger partial charge in [0, 0.05) is 27.4 Å². The first kappa shape index (κ1) is 20.0. The number of nitrogens with two attached hydrogens (primary N) is 1. The lowest BCUT2D eigenvalue weighted by atomic mass is 10.1. The Morgan fingerprint density at radius 3 is 2.36 bits per heavy atom. The molecular weight excluding hydrogens is 280 g/mol. The van der Waals surface area contributed by atoms with Crippen molar-refractivity contribution in [3.63, 3.8) is 0 Å². The molecule has 0 spiro atoms. The van der Waals surface area contributed by atoms with Gasteiger partial charge >= 0.3 is 6.09 Å². The van der Waals surface area contributed by atoms with Crippen molar-refractivity contribution in [1.82, 2.24) is 5.32 Å². The van der Waals surface area contributed by atoms with Crippen molar-refractivity contribution in [2.45, 2.75) is 47.1 Å². The molecule has 0 heterocycles. The summed E-state index contributed by atoms with van der Waals surface area (Å²) in [6.45, 7) is 8.39. The summed E-state index contributed by atoms with van der Waals surface area (Å²) in [6, 6.07) is 7.14. The second-order valence-corrected chi connectivity index (χ2v) is 4.97. The van der Waals surface area contributed by atoms with Crippen LogP contribution >= 0.6 is 0 Å². The fourth-order valence-electron chi connectivity index (χ4n) is 1.56. The number of nitrogen functional groups attached to an aromatic ring is 1. The zero-order valence-electron chi connectivity index (χ0n) is 14.0. The topological polar surface area (TPSA) is 81.4 Å². The molecule has 5 heteroatoms. The maximum atomic E-state index is 11.4. The lowest BCUT2D eigenvalue weighted by molar-refractivity contribution is -0.121. The summed E-state index contributed by atoms with van der Waals surface area (Å²) in [5.41, 5.74) is 7.11. The molecule has 5 nitrogen and oxygen atoms in total. The van der Waals surface area contributed by atoms with Crippen LogP contribution in [0.15, 0.2) is 24.3 Å². The minimum atomic E-state index is -0.473. The van der Waals surface area contributed by atoms with Gasteiger partial charge < -0.3 is 15.8 Å². The Kier molecular flexibility index (Phi) is 10.5. The van der Waals surface area contributed by atoms with E-state index >= 15 is 0 Å². The summed E-state index contributed by atoms with van der Waals surface area (Å²) in [7, 11) is 0. The van der Waals surface area contributed by atoms with Crippen LogP contribution in [0.3, 0.4) is 0 Å². The highest BCUT2D eigenvalue weighted by Crippen LogP contribution is 2.06. The van der Waals surface area contributed by atoms with Gasteiger partial charge in [0.15, 0.2) is 0 Å². The van der Waals surface area contributed by atoms with Crippen molar-refractivity contribution in [1.29, 1.82) is 0 Å². The third kappa shape index (κ3) is 9.00. The van der Waals surface area contributed by atoms with Crippen molar-refractivity contribution in [3.05, 3.63) is 29.8 Å². The fraction of sp³-hybridized carbons (Fsp3) is 0.529. The molecule has 1 rings (SSSR count). The highest BCUT2D eigenvalue weighted by atomic mass is 16.5. The molecule has 0 saturated heterocycles. The molecule has 128 valence electrons. The fourth-order valence-corrected chi connectivity index (χ4v) is 1.56. The number of benzene rings is 1. The van der Waals surface area contributed by atoms with E-state index in [4.69, 9.17) is 10.5 Å². The highest BCUT2D eigenvalue weighted by Gasteiger charge is 2.07. The summed E-state index contributed by atoms with van der Waals surface area (Å²) in [6.07, 6.45) is 0.642. The number of ether oxygens (including phenoxy) is 1. The Hall–Kier alpha value is -2.04. The third-order valence-corrected chi connectivity index (χ3v) is 2.86. The Balaban J connectivity index is -0.00000106. The number of carbonyl (C=O) groups is 2. The number of alkyl carbamates (subject to hydrolysis) is 1. The molecule has 1 aromatic rings. The molecule has 0 aromatic heterocycles. The van der Waals surface area contributed by atoms with E-state index in [9.17, 15) is 9.59 Å². The number of carbonyl (C=O) groups excluding carboxylic acids is 2. The highest BCUT2D eigenvalue weighted by molar-refractivity contribution is 5.80. The van der Waals surface area contributed by atoms with E-state index in [0.29, 0.717) is 25.1 Å². The van der Waals surface area contributed by atoms with E-state index in [1.807, 2.05) is 39.8 Å². The zero-order valence-corrected chi connectivity index (χ0v) is 14.0. The van der Waals surface area contributed by atoms with Crippen molar-refractivity contribution in [2.24, 2.45) is 5.92 Å². The van der Waals surface area contributed by atoms with Crippen molar-refractivity contribution >= 4 is 17.6 Å². The van der Waals surface area contributed by atoms with Crippen LogP contribution in [0.2, 0.25) is 0 Å². The number of ketones is 1. The van der Waals surface area contributed by atoms with E-state index in [1.165, 1.54) is 0 Å². The van der Waals surface area contributed by atoms with Crippen LogP contribution < -0.4 is 11.1 Å². The maximum absolute atomic E-state index is 11.4. The van der Waals surface area contributed by atoms with Crippen LogP contribution in [-0.4, -0.2) is 18.4 Å². The normalized spacial score (nSPS) is 9.68. The molecule has 3 N–H and O–H groups in total. The summed E-state index contributed by atoms with van der Waals surface area (Å²) in [5, 5.41) is 2.62. The monoisotopic (exact) mass is 312 g/mol. The van der Waals surface area contributed by atoms with Gasteiger partial charge in [0.2, 0.25) is 0 Å². The van der Waals surface area contributed by atoms with Gasteiger partial charge in [-0.05, 0) is 24.1 Å². The van der Waals surface area contributed by atoms with Gasteiger partial charge in [-0.1, -0.05) is 39.8 Å². The van der Waals surface area contributed by atoms with Gasteiger partial charge in [-0.3, -0.25) is 4.79 Å². The molecule has 1 amide bonds. The Labute approximate surface area is 136 Å². The Bertz CT molecular complexity index is 452. The molecule has 0 bridgehead atoms. The second-order valence-electron chi connectivity index (χ2n) is 4.97. The number of anilines is 1. The van der Waals surface area contributed by atoms with Crippen LogP contribution in [0.4, 0.5) is 10.5 Å². The first-order valence-electron chi connectivity index (χ1n) is 7.77. The number of Topliss-reactive ketones (excluding diaryl/α,β-unsaturated/α-hetero) is 1. The summed E-state index contributed by atoms with van der Waals surface area (Å²) in [5.74, 6) is 0.259. The van der Waals surface area contributed by atoms with Crippen LogP contribution in [0.25, 0.3) is 0 Å². The Morgan fingerprint density at radius 2 is 1.82 bits per heavy atom.